The van der Waals surface area contributed by atoms with Crippen molar-refractivity contribution in [2.75, 3.05) is 13.2 Å². The predicted molar refractivity (Wildman–Crippen MR) is 118 cm³/mol. The molecule has 0 saturated carbocycles. The number of amides is 2. The van der Waals surface area contributed by atoms with Crippen LogP contribution in [0.1, 0.15) is 41.5 Å². The molecule has 0 radical (unpaired) electrons. The molecule has 2 aliphatic heterocycles. The van der Waals surface area contributed by atoms with Gasteiger partial charge in [-0.05, 0) is 19.8 Å². The monoisotopic (exact) mass is 492 g/mol. The lowest BCUT2D eigenvalue weighted by molar-refractivity contribution is -0.322. The van der Waals surface area contributed by atoms with Crippen LogP contribution in [0.25, 0.3) is 0 Å². The first-order valence-electron chi connectivity index (χ1n) is 11.6. The molecule has 2 aliphatic rings. The molecule has 0 bridgehead atoms. The van der Waals surface area contributed by atoms with E-state index in [1.165, 1.54) is 13.8 Å². The van der Waals surface area contributed by atoms with Crippen LogP contribution in [-0.4, -0.2) is 113 Å². The Balaban J connectivity index is 2.35. The third-order valence-corrected chi connectivity index (χ3v) is 5.91. The van der Waals surface area contributed by atoms with E-state index < -0.39 is 80.2 Å². The lowest BCUT2D eigenvalue weighted by Crippen LogP contribution is -2.69. The first kappa shape index (κ1) is 28.9. The molecule has 2 rings (SSSR count). The number of carbonyl (C=O) groups is 2. The SMILES string of the molecule is CC(=O)NC1C(OC2C(CO)OC(C(C)C)C(NC(C)=O)C2O)OC(CO)C(OC(C)C)C1O. The molecule has 2 saturated heterocycles. The van der Waals surface area contributed by atoms with Crippen LogP contribution in [0.15, 0.2) is 0 Å². The van der Waals surface area contributed by atoms with E-state index in [9.17, 15) is 30.0 Å². The van der Waals surface area contributed by atoms with E-state index in [1.807, 2.05) is 13.8 Å². The summed E-state index contributed by atoms with van der Waals surface area (Å²) in [6, 6.07) is -1.96. The molecule has 0 aromatic heterocycles. The largest absolute Gasteiger partial charge is 0.394 e. The van der Waals surface area contributed by atoms with Gasteiger partial charge in [-0.2, -0.15) is 0 Å². The van der Waals surface area contributed by atoms with Crippen LogP contribution >= 0.6 is 0 Å². The molecule has 198 valence electrons. The zero-order valence-corrected chi connectivity index (χ0v) is 20.6. The molecule has 0 aromatic carbocycles. The van der Waals surface area contributed by atoms with Crippen molar-refractivity contribution in [1.82, 2.24) is 10.6 Å². The molecular weight excluding hydrogens is 452 g/mol. The summed E-state index contributed by atoms with van der Waals surface area (Å²) in [7, 11) is 0. The first-order chi connectivity index (χ1) is 15.9. The number of rotatable bonds is 9. The Morgan fingerprint density at radius 2 is 1.35 bits per heavy atom. The van der Waals surface area contributed by atoms with Gasteiger partial charge >= 0.3 is 0 Å². The molecular formula is C22H40N2O10. The van der Waals surface area contributed by atoms with Crippen LogP contribution in [-0.2, 0) is 28.5 Å². The van der Waals surface area contributed by atoms with Gasteiger partial charge in [0.05, 0.1) is 31.5 Å². The Kier molecular flexibility index (Phi) is 10.6. The van der Waals surface area contributed by atoms with Gasteiger partial charge in [0.15, 0.2) is 6.29 Å². The fourth-order valence-electron chi connectivity index (χ4n) is 4.48. The van der Waals surface area contributed by atoms with Crippen LogP contribution in [0, 0.1) is 5.92 Å². The van der Waals surface area contributed by atoms with E-state index in [0.29, 0.717) is 0 Å². The molecule has 10 unspecified atom stereocenters. The molecule has 12 nitrogen and oxygen atoms in total. The maximum Gasteiger partial charge on any atom is 0.217 e. The smallest absolute Gasteiger partial charge is 0.217 e. The van der Waals surface area contributed by atoms with Crippen LogP contribution < -0.4 is 10.6 Å². The second-order valence-electron chi connectivity index (χ2n) is 9.48. The second-order valence-corrected chi connectivity index (χ2v) is 9.48. The van der Waals surface area contributed by atoms with Gasteiger partial charge in [-0.3, -0.25) is 9.59 Å². The molecule has 2 heterocycles. The normalized spacial score (nSPS) is 38.7. The van der Waals surface area contributed by atoms with Crippen molar-refractivity contribution in [3.63, 3.8) is 0 Å². The van der Waals surface area contributed by atoms with E-state index >= 15 is 0 Å². The maximum absolute atomic E-state index is 11.9. The molecule has 2 fully saturated rings. The fourth-order valence-corrected chi connectivity index (χ4v) is 4.48. The minimum absolute atomic E-state index is 0.103. The van der Waals surface area contributed by atoms with Gasteiger partial charge in [0.2, 0.25) is 11.8 Å². The molecule has 6 N–H and O–H groups in total. The molecule has 12 heteroatoms. The summed E-state index contributed by atoms with van der Waals surface area (Å²) in [5, 5.41) is 47.2. The van der Waals surface area contributed by atoms with Crippen LogP contribution in [0.4, 0.5) is 0 Å². The van der Waals surface area contributed by atoms with Gasteiger partial charge in [0.1, 0.15) is 42.7 Å². The summed E-state index contributed by atoms with van der Waals surface area (Å²) in [5.41, 5.74) is 0. The van der Waals surface area contributed by atoms with Crippen molar-refractivity contribution in [2.24, 2.45) is 5.92 Å². The standard InChI is InChI=1S/C22H40N2O10/c1-9(2)19-15(23-11(5)27)17(29)21(13(7-25)32-19)34-22-16(24-12(6)28)18(30)20(31-10(3)4)14(8-26)33-22/h9-10,13-22,25-26,29-30H,7-8H2,1-6H3,(H,23,27)(H,24,28). The summed E-state index contributed by atoms with van der Waals surface area (Å²) in [5.74, 6) is -0.954. The minimum Gasteiger partial charge on any atom is -0.394 e. The third kappa shape index (κ3) is 6.85. The zero-order chi connectivity index (χ0) is 25.7. The summed E-state index contributed by atoms with van der Waals surface area (Å²) in [4.78, 5) is 23.6. The van der Waals surface area contributed by atoms with E-state index in [0.717, 1.165) is 0 Å². The van der Waals surface area contributed by atoms with Gasteiger partial charge in [-0.25, -0.2) is 0 Å². The highest BCUT2D eigenvalue weighted by Gasteiger charge is 2.52. The summed E-state index contributed by atoms with van der Waals surface area (Å²) >= 11 is 0. The van der Waals surface area contributed by atoms with Crippen LogP contribution in [0.3, 0.4) is 0 Å². The molecule has 10 atom stereocenters. The van der Waals surface area contributed by atoms with E-state index in [4.69, 9.17) is 18.9 Å². The fraction of sp³-hybridized carbons (Fsp3) is 0.909. The molecule has 0 spiro atoms. The Bertz CT molecular complexity index is 678. The molecule has 0 aromatic rings. The third-order valence-electron chi connectivity index (χ3n) is 5.91. The lowest BCUT2D eigenvalue weighted by atomic mass is 9.87. The number of aliphatic hydroxyl groups is 4. The zero-order valence-electron chi connectivity index (χ0n) is 20.6. The molecule has 34 heavy (non-hydrogen) atoms. The van der Waals surface area contributed by atoms with Crippen molar-refractivity contribution >= 4 is 11.8 Å². The van der Waals surface area contributed by atoms with Gasteiger partial charge in [0, 0.05) is 13.8 Å². The second kappa shape index (κ2) is 12.5. The highest BCUT2D eigenvalue weighted by molar-refractivity contribution is 5.73. The number of hydrogen-bond acceptors (Lipinski definition) is 10. The number of aliphatic hydroxyl groups excluding tert-OH is 4. The Morgan fingerprint density at radius 3 is 1.82 bits per heavy atom. The van der Waals surface area contributed by atoms with Gasteiger partial charge < -0.3 is 50.0 Å². The topological polar surface area (TPSA) is 176 Å². The van der Waals surface area contributed by atoms with Crippen molar-refractivity contribution in [3.05, 3.63) is 0 Å². The van der Waals surface area contributed by atoms with Gasteiger partial charge in [-0.1, -0.05) is 13.8 Å². The van der Waals surface area contributed by atoms with Crippen molar-refractivity contribution in [2.45, 2.75) is 109 Å². The molecule has 2 amide bonds. The van der Waals surface area contributed by atoms with Gasteiger partial charge in [-0.15, -0.1) is 0 Å². The quantitative estimate of drug-likeness (QED) is 0.212. The predicted octanol–water partition coefficient (Wildman–Crippen LogP) is -1.97. The highest BCUT2D eigenvalue weighted by atomic mass is 16.7. The Hall–Kier alpha value is -1.38. The average Bonchev–Trinajstić information content (AvgIpc) is 2.74. The summed E-state index contributed by atoms with van der Waals surface area (Å²) in [6.07, 6.45) is -8.97. The number of ether oxygens (including phenoxy) is 4. The van der Waals surface area contributed by atoms with Crippen molar-refractivity contribution < 1.29 is 49.0 Å². The van der Waals surface area contributed by atoms with Gasteiger partial charge in [0.25, 0.3) is 0 Å². The van der Waals surface area contributed by atoms with E-state index in [-0.39, 0.29) is 17.9 Å². The van der Waals surface area contributed by atoms with E-state index in [1.54, 1.807) is 13.8 Å². The van der Waals surface area contributed by atoms with Crippen LogP contribution in [0.5, 0.6) is 0 Å². The Morgan fingerprint density at radius 1 is 0.853 bits per heavy atom. The summed E-state index contributed by atoms with van der Waals surface area (Å²) < 4.78 is 23.6. The number of carbonyl (C=O) groups excluding carboxylic acids is 2. The van der Waals surface area contributed by atoms with Crippen molar-refractivity contribution in [3.8, 4) is 0 Å². The summed E-state index contributed by atoms with van der Waals surface area (Å²) in [6.45, 7) is 8.80. The first-order valence-corrected chi connectivity index (χ1v) is 11.6. The average molecular weight is 493 g/mol. The van der Waals surface area contributed by atoms with Crippen LogP contribution in [0.2, 0.25) is 0 Å². The van der Waals surface area contributed by atoms with E-state index in [2.05, 4.69) is 10.6 Å². The minimum atomic E-state index is -1.33. The number of hydrogen-bond donors (Lipinski definition) is 6. The highest BCUT2D eigenvalue weighted by Crippen LogP contribution is 2.32. The number of nitrogens with one attached hydrogen (secondary N) is 2. The maximum atomic E-state index is 11.9. The Labute approximate surface area is 199 Å². The van der Waals surface area contributed by atoms with Crippen molar-refractivity contribution in [1.29, 1.82) is 0 Å². The lowest BCUT2D eigenvalue weighted by Gasteiger charge is -2.49. The molecule has 0 aliphatic carbocycles.